The number of anilines is 1. The number of fused-ring (bicyclic) bond motifs is 2. The summed E-state index contributed by atoms with van der Waals surface area (Å²) in [6, 6.07) is 15.9. The average Bonchev–Trinajstić information content (AvgIpc) is 3.57. The molecule has 4 aromatic rings. The minimum atomic E-state index is -4.75. The number of ether oxygens (including phenoxy) is 4. The lowest BCUT2D eigenvalue weighted by atomic mass is 9.92. The van der Waals surface area contributed by atoms with Gasteiger partial charge in [0.05, 0.1) is 16.9 Å². The number of hydrogen-bond donors (Lipinski definition) is 0. The molecule has 14 heteroatoms. The normalized spacial score (nSPS) is 16.6. The number of carbonyl (C=O) groups excluding carboxylic acids is 2. The van der Waals surface area contributed by atoms with Crippen LogP contribution in [-0.2, 0) is 17.3 Å². The molecular formula is C34H30F5N3O6. The first kappa shape index (κ1) is 32.8. The van der Waals surface area contributed by atoms with Gasteiger partial charge in [0, 0.05) is 29.9 Å². The Balaban J connectivity index is 1.31. The number of nitrogens with zero attached hydrogens (tertiary/aromatic N) is 3. The molecule has 2 heterocycles. The highest BCUT2D eigenvalue weighted by molar-refractivity contribution is 6.06. The molecule has 1 aliphatic carbocycles. The molecule has 1 aromatic heterocycles. The van der Waals surface area contributed by atoms with Gasteiger partial charge in [-0.05, 0) is 94.6 Å². The van der Waals surface area contributed by atoms with Gasteiger partial charge >= 0.3 is 18.4 Å². The van der Waals surface area contributed by atoms with Crippen molar-refractivity contribution in [2.24, 2.45) is 0 Å². The predicted octanol–water partition coefficient (Wildman–Crippen LogP) is 7.90. The SMILES string of the molecule is CN(C(=O)c1cccc(-n2nc(C(F)(F)F)c3c2[C@@H](Oc2ccc(C(=O)OC(C)(C)C)cc2)CCC3)c1)c1ccc2c(c1)OC(F)(F)O2. The van der Waals surface area contributed by atoms with Gasteiger partial charge in [-0.25, -0.2) is 9.48 Å². The van der Waals surface area contributed by atoms with E-state index in [9.17, 15) is 31.5 Å². The minimum absolute atomic E-state index is 0.00451. The zero-order valence-corrected chi connectivity index (χ0v) is 26.2. The minimum Gasteiger partial charge on any atom is -0.484 e. The van der Waals surface area contributed by atoms with Crippen molar-refractivity contribution >= 4 is 17.6 Å². The third-order valence-corrected chi connectivity index (χ3v) is 7.67. The maximum Gasteiger partial charge on any atom is 0.586 e. The molecular weight excluding hydrogens is 641 g/mol. The molecule has 1 aliphatic heterocycles. The van der Waals surface area contributed by atoms with Crippen LogP contribution in [-0.4, -0.2) is 40.6 Å². The van der Waals surface area contributed by atoms with E-state index in [4.69, 9.17) is 9.47 Å². The highest BCUT2D eigenvalue weighted by Gasteiger charge is 2.44. The molecule has 0 fully saturated rings. The molecule has 0 saturated carbocycles. The van der Waals surface area contributed by atoms with Crippen molar-refractivity contribution in [1.29, 1.82) is 0 Å². The number of rotatable bonds is 6. The van der Waals surface area contributed by atoms with Crippen LogP contribution >= 0.6 is 0 Å². The van der Waals surface area contributed by atoms with Crippen molar-refractivity contribution in [3.05, 3.63) is 94.8 Å². The van der Waals surface area contributed by atoms with E-state index in [0.29, 0.717) is 18.6 Å². The van der Waals surface area contributed by atoms with E-state index in [1.165, 1.54) is 66.5 Å². The average molecular weight is 672 g/mol. The Morgan fingerprint density at radius 1 is 0.958 bits per heavy atom. The maximum absolute atomic E-state index is 14.3. The lowest BCUT2D eigenvalue weighted by Crippen LogP contribution is -2.26. The fourth-order valence-corrected chi connectivity index (χ4v) is 5.58. The number of carbonyl (C=O) groups is 2. The monoisotopic (exact) mass is 671 g/mol. The van der Waals surface area contributed by atoms with Crippen molar-refractivity contribution in [3.8, 4) is 22.9 Å². The Kier molecular flexibility index (Phi) is 8.08. The van der Waals surface area contributed by atoms with Gasteiger partial charge < -0.3 is 23.8 Å². The van der Waals surface area contributed by atoms with E-state index in [1.807, 2.05) is 0 Å². The molecule has 0 spiro atoms. The third kappa shape index (κ3) is 6.64. The molecule has 0 saturated heterocycles. The van der Waals surface area contributed by atoms with E-state index in [1.54, 1.807) is 32.9 Å². The number of alkyl halides is 5. The van der Waals surface area contributed by atoms with Gasteiger partial charge in [-0.3, -0.25) is 4.79 Å². The van der Waals surface area contributed by atoms with Crippen molar-refractivity contribution in [2.75, 3.05) is 11.9 Å². The number of aromatic nitrogens is 2. The first-order valence-electron chi connectivity index (χ1n) is 15.0. The second kappa shape index (κ2) is 11.8. The van der Waals surface area contributed by atoms with Gasteiger partial charge in [0.2, 0.25) is 0 Å². The van der Waals surface area contributed by atoms with E-state index >= 15 is 0 Å². The highest BCUT2D eigenvalue weighted by atomic mass is 19.4. The van der Waals surface area contributed by atoms with Gasteiger partial charge in [0.15, 0.2) is 17.2 Å². The van der Waals surface area contributed by atoms with Gasteiger partial charge in [0.1, 0.15) is 17.5 Å². The van der Waals surface area contributed by atoms with Gasteiger partial charge in [-0.15, -0.1) is 8.78 Å². The standard InChI is InChI=1S/C34H30F5N3O6/c1-32(2,3)48-31(44)19-11-14-23(15-12-19)45-26-10-6-9-24-28(26)42(40-29(24)33(35,36)37)22-8-5-7-20(17-22)30(43)41(4)21-13-16-25-27(18-21)47-34(38,39)46-25/h5,7-8,11-18,26H,6,9-10H2,1-4H3/t26-/m0/s1. The van der Waals surface area contributed by atoms with Crippen LogP contribution in [0.3, 0.4) is 0 Å². The number of esters is 1. The summed E-state index contributed by atoms with van der Waals surface area (Å²) in [6.45, 7) is 5.24. The first-order chi connectivity index (χ1) is 22.5. The number of amides is 1. The second-order valence-corrected chi connectivity index (χ2v) is 12.4. The zero-order valence-electron chi connectivity index (χ0n) is 26.2. The van der Waals surface area contributed by atoms with Gasteiger partial charge in [-0.2, -0.15) is 18.3 Å². The van der Waals surface area contributed by atoms with E-state index < -0.39 is 41.7 Å². The molecule has 6 rings (SSSR count). The number of benzene rings is 3. The second-order valence-electron chi connectivity index (χ2n) is 12.4. The molecule has 1 amide bonds. The van der Waals surface area contributed by atoms with Gasteiger partial charge in [0.25, 0.3) is 5.91 Å². The van der Waals surface area contributed by atoms with Crippen molar-refractivity contribution < 1.29 is 50.5 Å². The third-order valence-electron chi connectivity index (χ3n) is 7.67. The molecule has 48 heavy (non-hydrogen) atoms. The molecule has 1 atom stereocenters. The largest absolute Gasteiger partial charge is 0.586 e. The van der Waals surface area contributed by atoms with Crippen LogP contribution in [0.2, 0.25) is 0 Å². The Morgan fingerprint density at radius 2 is 1.67 bits per heavy atom. The number of halogens is 5. The van der Waals surface area contributed by atoms with E-state index in [2.05, 4.69) is 14.6 Å². The molecule has 3 aromatic carbocycles. The molecule has 0 bridgehead atoms. The van der Waals surface area contributed by atoms with Crippen LogP contribution in [0.1, 0.15) is 77.4 Å². The van der Waals surface area contributed by atoms with E-state index in [0.717, 1.165) is 4.68 Å². The Bertz CT molecular complexity index is 1880. The van der Waals surface area contributed by atoms with Crippen LogP contribution in [0.4, 0.5) is 27.6 Å². The Morgan fingerprint density at radius 3 is 2.35 bits per heavy atom. The fourth-order valence-electron chi connectivity index (χ4n) is 5.58. The first-order valence-corrected chi connectivity index (χ1v) is 15.0. The summed E-state index contributed by atoms with van der Waals surface area (Å²) in [6.07, 6.45) is -8.51. The summed E-state index contributed by atoms with van der Waals surface area (Å²) >= 11 is 0. The van der Waals surface area contributed by atoms with Crippen molar-refractivity contribution in [2.45, 2.75) is 64.2 Å². The molecule has 0 radical (unpaired) electrons. The quantitative estimate of drug-likeness (QED) is 0.152. The van der Waals surface area contributed by atoms with Crippen LogP contribution in [0.5, 0.6) is 17.2 Å². The number of hydrogen-bond acceptors (Lipinski definition) is 7. The molecule has 0 unspecified atom stereocenters. The summed E-state index contributed by atoms with van der Waals surface area (Å²) in [5.74, 6) is -1.21. The van der Waals surface area contributed by atoms with Crippen molar-refractivity contribution in [1.82, 2.24) is 9.78 Å². The molecule has 0 N–H and O–H groups in total. The summed E-state index contributed by atoms with van der Waals surface area (Å²) in [7, 11) is 1.42. The van der Waals surface area contributed by atoms with Crippen LogP contribution in [0.15, 0.2) is 66.7 Å². The lowest BCUT2D eigenvalue weighted by molar-refractivity contribution is -0.286. The zero-order chi connectivity index (χ0) is 34.6. The van der Waals surface area contributed by atoms with Crippen LogP contribution < -0.4 is 19.1 Å². The Hall–Kier alpha value is -5.14. The van der Waals surface area contributed by atoms with Crippen molar-refractivity contribution in [3.63, 3.8) is 0 Å². The van der Waals surface area contributed by atoms with Crippen LogP contribution in [0, 0.1) is 0 Å². The summed E-state index contributed by atoms with van der Waals surface area (Å²) in [5, 5.41) is 3.98. The van der Waals surface area contributed by atoms with E-state index in [-0.39, 0.29) is 51.7 Å². The Labute approximate surface area is 271 Å². The smallest absolute Gasteiger partial charge is 0.484 e. The summed E-state index contributed by atoms with van der Waals surface area (Å²) in [4.78, 5) is 27.1. The predicted molar refractivity (Wildman–Crippen MR) is 162 cm³/mol. The maximum atomic E-state index is 14.3. The molecule has 2 aliphatic rings. The molecule has 9 nitrogen and oxygen atoms in total. The topological polar surface area (TPSA) is 92.1 Å². The lowest BCUT2D eigenvalue weighted by Gasteiger charge is -2.26. The summed E-state index contributed by atoms with van der Waals surface area (Å²) in [5.41, 5.74) is -0.762. The fraction of sp³-hybridized carbons (Fsp3) is 0.324. The highest BCUT2D eigenvalue weighted by Crippen LogP contribution is 2.44. The molecule has 252 valence electrons. The van der Waals surface area contributed by atoms with Gasteiger partial charge in [-0.1, -0.05) is 6.07 Å². The van der Waals surface area contributed by atoms with Crippen LogP contribution in [0.25, 0.3) is 5.69 Å². The summed E-state index contributed by atoms with van der Waals surface area (Å²) < 4.78 is 91.4.